The Morgan fingerprint density at radius 2 is 1.63 bits per heavy atom. The Bertz CT molecular complexity index is 880. The van der Waals surface area contributed by atoms with Crippen LogP contribution in [0.4, 0.5) is 23.8 Å². The van der Waals surface area contributed by atoms with E-state index < -0.39 is 12.0 Å². The Morgan fingerprint density at radius 3 is 2.17 bits per heavy atom. The SMILES string of the molecule is Cc1cc(N2CCN(C(=O)OC(C)(C)C)CC2)nn1-c1ccc(OC(F)(F)F)cc1. The molecule has 30 heavy (non-hydrogen) atoms. The van der Waals surface area contributed by atoms with Crippen LogP contribution in [-0.4, -0.2) is 58.9 Å². The minimum atomic E-state index is -4.72. The number of anilines is 1. The highest BCUT2D eigenvalue weighted by Gasteiger charge is 2.31. The smallest absolute Gasteiger partial charge is 0.444 e. The van der Waals surface area contributed by atoms with E-state index in [0.717, 1.165) is 11.5 Å². The molecule has 2 aromatic rings. The predicted molar refractivity (Wildman–Crippen MR) is 105 cm³/mol. The number of nitrogens with zero attached hydrogens (tertiary/aromatic N) is 4. The molecule has 0 atom stereocenters. The third-order valence-corrected chi connectivity index (χ3v) is 4.44. The average Bonchev–Trinajstić information content (AvgIpc) is 3.01. The van der Waals surface area contributed by atoms with Gasteiger partial charge in [-0.2, -0.15) is 5.10 Å². The summed E-state index contributed by atoms with van der Waals surface area (Å²) in [5.41, 5.74) is 0.926. The van der Waals surface area contributed by atoms with Gasteiger partial charge in [0.2, 0.25) is 0 Å². The maximum atomic E-state index is 12.3. The summed E-state index contributed by atoms with van der Waals surface area (Å²) in [6.07, 6.45) is -5.05. The van der Waals surface area contributed by atoms with Gasteiger partial charge < -0.3 is 19.3 Å². The van der Waals surface area contributed by atoms with Crippen LogP contribution in [0.5, 0.6) is 5.75 Å². The molecular weight excluding hydrogens is 401 g/mol. The molecule has 1 aromatic heterocycles. The van der Waals surface area contributed by atoms with Crippen LogP contribution in [0.1, 0.15) is 26.5 Å². The van der Waals surface area contributed by atoms with Crippen LogP contribution >= 0.6 is 0 Å². The molecule has 2 heterocycles. The molecule has 0 spiro atoms. The predicted octanol–water partition coefficient (Wildman–Crippen LogP) is 4.14. The molecule has 1 saturated heterocycles. The molecule has 1 fully saturated rings. The molecule has 0 unspecified atom stereocenters. The molecule has 10 heteroatoms. The molecule has 164 valence electrons. The Balaban J connectivity index is 1.65. The van der Waals surface area contributed by atoms with Crippen molar-refractivity contribution in [1.29, 1.82) is 0 Å². The fourth-order valence-corrected chi connectivity index (χ4v) is 3.11. The minimum absolute atomic E-state index is 0.283. The molecule has 0 bridgehead atoms. The van der Waals surface area contributed by atoms with Crippen LogP contribution in [0.2, 0.25) is 0 Å². The van der Waals surface area contributed by atoms with Crippen molar-refractivity contribution < 1.29 is 27.4 Å². The molecule has 1 aliphatic rings. The van der Waals surface area contributed by atoms with E-state index in [1.54, 1.807) is 9.58 Å². The number of ether oxygens (including phenoxy) is 2. The summed E-state index contributed by atoms with van der Waals surface area (Å²) in [6, 6.07) is 7.45. The second-order valence-electron chi connectivity index (χ2n) is 8.05. The van der Waals surface area contributed by atoms with E-state index in [9.17, 15) is 18.0 Å². The van der Waals surface area contributed by atoms with Crippen LogP contribution in [0.15, 0.2) is 30.3 Å². The number of carbonyl (C=O) groups is 1. The fraction of sp³-hybridized carbons (Fsp3) is 0.500. The Morgan fingerprint density at radius 1 is 1.03 bits per heavy atom. The van der Waals surface area contributed by atoms with Crippen LogP contribution in [0.25, 0.3) is 5.69 Å². The molecule has 0 N–H and O–H groups in total. The summed E-state index contributed by atoms with van der Waals surface area (Å²) in [4.78, 5) is 15.9. The number of hydrogen-bond acceptors (Lipinski definition) is 5. The van der Waals surface area contributed by atoms with E-state index in [-0.39, 0.29) is 11.8 Å². The van der Waals surface area contributed by atoms with E-state index in [1.165, 1.54) is 24.3 Å². The van der Waals surface area contributed by atoms with Gasteiger partial charge in [-0.15, -0.1) is 13.2 Å². The van der Waals surface area contributed by atoms with Crippen LogP contribution in [-0.2, 0) is 4.74 Å². The highest BCUT2D eigenvalue weighted by Crippen LogP contribution is 2.25. The third kappa shape index (κ3) is 5.58. The van der Waals surface area contributed by atoms with Crippen LogP contribution in [0.3, 0.4) is 0 Å². The maximum absolute atomic E-state index is 12.3. The molecular formula is C20H25F3N4O3. The molecule has 1 aliphatic heterocycles. The summed E-state index contributed by atoms with van der Waals surface area (Å²) < 4.78 is 47.9. The number of halogens is 3. The first-order chi connectivity index (χ1) is 13.9. The number of benzene rings is 1. The Labute approximate surface area is 173 Å². The van der Waals surface area contributed by atoms with Gasteiger partial charge in [-0.25, -0.2) is 9.48 Å². The van der Waals surface area contributed by atoms with Gasteiger partial charge in [-0.3, -0.25) is 0 Å². The van der Waals surface area contributed by atoms with Gasteiger partial charge in [-0.05, 0) is 52.0 Å². The molecule has 0 saturated carbocycles. The summed E-state index contributed by atoms with van der Waals surface area (Å²) in [5, 5.41) is 4.58. The lowest BCUT2D eigenvalue weighted by molar-refractivity contribution is -0.274. The number of piperazine rings is 1. The highest BCUT2D eigenvalue weighted by molar-refractivity contribution is 5.68. The van der Waals surface area contributed by atoms with Crippen molar-refractivity contribution in [2.45, 2.75) is 39.7 Å². The quantitative estimate of drug-likeness (QED) is 0.739. The number of rotatable bonds is 3. The van der Waals surface area contributed by atoms with Crippen molar-refractivity contribution >= 4 is 11.9 Å². The Hall–Kier alpha value is -2.91. The van der Waals surface area contributed by atoms with Crippen molar-refractivity contribution in [3.63, 3.8) is 0 Å². The first-order valence-corrected chi connectivity index (χ1v) is 9.57. The third-order valence-electron chi connectivity index (χ3n) is 4.44. The maximum Gasteiger partial charge on any atom is 0.573 e. The summed E-state index contributed by atoms with van der Waals surface area (Å²) in [7, 11) is 0. The molecule has 0 aliphatic carbocycles. The van der Waals surface area contributed by atoms with E-state index in [2.05, 4.69) is 14.7 Å². The second kappa shape index (κ2) is 8.08. The topological polar surface area (TPSA) is 59.8 Å². The van der Waals surface area contributed by atoms with E-state index in [0.29, 0.717) is 31.9 Å². The van der Waals surface area contributed by atoms with Crippen molar-refractivity contribution in [2.24, 2.45) is 0 Å². The number of amides is 1. The number of carbonyl (C=O) groups excluding carboxylic acids is 1. The van der Waals surface area contributed by atoms with E-state index in [1.807, 2.05) is 33.8 Å². The van der Waals surface area contributed by atoms with E-state index >= 15 is 0 Å². The lowest BCUT2D eigenvalue weighted by Gasteiger charge is -2.35. The normalized spacial score (nSPS) is 15.3. The van der Waals surface area contributed by atoms with Gasteiger partial charge in [0, 0.05) is 37.9 Å². The first kappa shape index (κ1) is 21.8. The average molecular weight is 426 g/mol. The standard InChI is InChI=1S/C20H25F3N4O3/c1-14-13-17(25-9-11-26(12-10-25)18(28)30-19(2,3)4)24-27(14)15-5-7-16(8-6-15)29-20(21,22)23/h5-8,13H,9-12H2,1-4H3. The van der Waals surface area contributed by atoms with Crippen LogP contribution < -0.4 is 9.64 Å². The first-order valence-electron chi connectivity index (χ1n) is 9.57. The van der Waals surface area contributed by atoms with Gasteiger partial charge in [0.25, 0.3) is 0 Å². The zero-order chi connectivity index (χ0) is 22.1. The molecule has 1 aromatic carbocycles. The van der Waals surface area contributed by atoms with Crippen molar-refractivity contribution in [2.75, 3.05) is 31.1 Å². The van der Waals surface area contributed by atoms with Gasteiger partial charge >= 0.3 is 12.5 Å². The summed E-state index contributed by atoms with van der Waals surface area (Å²) >= 11 is 0. The second-order valence-corrected chi connectivity index (χ2v) is 8.05. The number of hydrogen-bond donors (Lipinski definition) is 0. The van der Waals surface area contributed by atoms with Gasteiger partial charge in [0.1, 0.15) is 11.4 Å². The lowest BCUT2D eigenvalue weighted by atomic mass is 10.2. The van der Waals surface area contributed by atoms with Gasteiger partial charge in [0.15, 0.2) is 5.82 Å². The zero-order valence-electron chi connectivity index (χ0n) is 17.4. The van der Waals surface area contributed by atoms with E-state index in [4.69, 9.17) is 4.74 Å². The molecule has 1 amide bonds. The molecule has 7 nitrogen and oxygen atoms in total. The minimum Gasteiger partial charge on any atom is -0.444 e. The zero-order valence-corrected chi connectivity index (χ0v) is 17.4. The summed E-state index contributed by atoms with van der Waals surface area (Å²) in [5.74, 6) is 0.460. The van der Waals surface area contributed by atoms with Gasteiger partial charge in [0.05, 0.1) is 5.69 Å². The molecule has 3 rings (SSSR count). The van der Waals surface area contributed by atoms with Crippen molar-refractivity contribution in [3.8, 4) is 11.4 Å². The fourth-order valence-electron chi connectivity index (χ4n) is 3.11. The monoisotopic (exact) mass is 426 g/mol. The Kier molecular flexibility index (Phi) is 5.87. The number of aromatic nitrogens is 2. The van der Waals surface area contributed by atoms with Crippen LogP contribution in [0, 0.1) is 6.92 Å². The highest BCUT2D eigenvalue weighted by atomic mass is 19.4. The largest absolute Gasteiger partial charge is 0.573 e. The van der Waals surface area contributed by atoms with Crippen molar-refractivity contribution in [3.05, 3.63) is 36.0 Å². The summed E-state index contributed by atoms with van der Waals surface area (Å²) in [6.45, 7) is 9.61. The van der Waals surface area contributed by atoms with Gasteiger partial charge in [-0.1, -0.05) is 0 Å². The lowest BCUT2D eigenvalue weighted by Crippen LogP contribution is -2.50. The van der Waals surface area contributed by atoms with Crippen molar-refractivity contribution in [1.82, 2.24) is 14.7 Å². The molecule has 0 radical (unpaired) electrons. The number of aryl methyl sites for hydroxylation is 1. The number of alkyl halides is 3.